The average Bonchev–Trinajstić information content (AvgIpc) is 2.71. The summed E-state index contributed by atoms with van der Waals surface area (Å²) in [5.74, 6) is 0.272. The van der Waals surface area contributed by atoms with Crippen LogP contribution in [0.25, 0.3) is 0 Å². The third-order valence-electron chi connectivity index (χ3n) is 2.54. The van der Waals surface area contributed by atoms with Gasteiger partial charge in [-0.2, -0.15) is 0 Å². The first-order chi connectivity index (χ1) is 6.81. The van der Waals surface area contributed by atoms with Crippen molar-refractivity contribution in [1.29, 1.82) is 0 Å². The van der Waals surface area contributed by atoms with Crippen molar-refractivity contribution < 1.29 is 9.13 Å². The van der Waals surface area contributed by atoms with Crippen LogP contribution in [0.4, 0.5) is 4.39 Å². The van der Waals surface area contributed by atoms with Crippen LogP contribution in [0, 0.1) is 5.82 Å². The standard InChI is InChI=1S/C10H13FN2O/c1-14-10-4-9(13-6-8(10)11)7-2-3-12-5-7/h4,6-7,12H,2-3,5H2,1H3. The molecule has 1 aromatic rings. The van der Waals surface area contributed by atoms with Crippen molar-refractivity contribution in [2.75, 3.05) is 20.2 Å². The zero-order valence-electron chi connectivity index (χ0n) is 8.09. The van der Waals surface area contributed by atoms with Crippen molar-refractivity contribution in [2.45, 2.75) is 12.3 Å². The van der Waals surface area contributed by atoms with Crippen molar-refractivity contribution in [1.82, 2.24) is 10.3 Å². The van der Waals surface area contributed by atoms with E-state index < -0.39 is 5.82 Å². The molecule has 76 valence electrons. The lowest BCUT2D eigenvalue weighted by molar-refractivity contribution is 0.383. The van der Waals surface area contributed by atoms with E-state index in [1.807, 2.05) is 0 Å². The predicted octanol–water partition coefficient (Wildman–Crippen LogP) is 1.31. The molecule has 2 heterocycles. The molecule has 1 aliphatic heterocycles. The lowest BCUT2D eigenvalue weighted by atomic mass is 10.0. The first kappa shape index (κ1) is 9.40. The van der Waals surface area contributed by atoms with Gasteiger partial charge in [0.2, 0.25) is 0 Å². The maximum absolute atomic E-state index is 13.1. The molecular weight excluding hydrogens is 183 g/mol. The van der Waals surface area contributed by atoms with Crippen LogP contribution in [-0.4, -0.2) is 25.2 Å². The molecule has 0 saturated carbocycles. The summed E-state index contributed by atoms with van der Waals surface area (Å²) in [5.41, 5.74) is 0.910. The average molecular weight is 196 g/mol. The number of rotatable bonds is 2. The summed E-state index contributed by atoms with van der Waals surface area (Å²) >= 11 is 0. The van der Waals surface area contributed by atoms with Gasteiger partial charge in [-0.05, 0) is 13.0 Å². The second kappa shape index (κ2) is 3.92. The molecule has 1 N–H and O–H groups in total. The largest absolute Gasteiger partial charge is 0.494 e. The van der Waals surface area contributed by atoms with E-state index in [-0.39, 0.29) is 5.75 Å². The Balaban J connectivity index is 2.25. The highest BCUT2D eigenvalue weighted by Crippen LogP contribution is 2.25. The van der Waals surface area contributed by atoms with E-state index in [9.17, 15) is 4.39 Å². The van der Waals surface area contributed by atoms with Crippen LogP contribution >= 0.6 is 0 Å². The molecule has 1 fully saturated rings. The van der Waals surface area contributed by atoms with Crippen LogP contribution in [0.3, 0.4) is 0 Å². The van der Waals surface area contributed by atoms with E-state index in [2.05, 4.69) is 10.3 Å². The fourth-order valence-corrected chi connectivity index (χ4v) is 1.72. The highest BCUT2D eigenvalue weighted by Gasteiger charge is 2.19. The van der Waals surface area contributed by atoms with Crippen LogP contribution in [0.5, 0.6) is 5.75 Å². The molecule has 1 atom stereocenters. The maximum Gasteiger partial charge on any atom is 0.183 e. The summed E-state index contributed by atoms with van der Waals surface area (Å²) in [6.45, 7) is 1.92. The van der Waals surface area contributed by atoms with Crippen molar-refractivity contribution in [3.8, 4) is 5.75 Å². The quantitative estimate of drug-likeness (QED) is 0.774. The molecular formula is C10H13FN2O. The SMILES string of the molecule is COc1cc(C2CCNC2)ncc1F. The molecule has 0 bridgehead atoms. The number of pyridine rings is 1. The van der Waals surface area contributed by atoms with E-state index in [0.29, 0.717) is 5.92 Å². The molecule has 0 radical (unpaired) electrons. The van der Waals surface area contributed by atoms with E-state index in [1.165, 1.54) is 13.3 Å². The minimum absolute atomic E-state index is 0.280. The molecule has 1 unspecified atom stereocenters. The van der Waals surface area contributed by atoms with Crippen LogP contribution in [0.15, 0.2) is 12.3 Å². The number of ether oxygens (including phenoxy) is 1. The molecule has 14 heavy (non-hydrogen) atoms. The Morgan fingerprint density at radius 3 is 3.14 bits per heavy atom. The van der Waals surface area contributed by atoms with E-state index >= 15 is 0 Å². The summed E-state index contributed by atoms with van der Waals surface area (Å²) in [6.07, 6.45) is 2.29. The Hall–Kier alpha value is -1.16. The van der Waals surface area contributed by atoms with Gasteiger partial charge in [-0.1, -0.05) is 0 Å². The van der Waals surface area contributed by atoms with Gasteiger partial charge in [-0.15, -0.1) is 0 Å². The third-order valence-corrected chi connectivity index (χ3v) is 2.54. The number of hydrogen-bond acceptors (Lipinski definition) is 3. The number of hydrogen-bond donors (Lipinski definition) is 1. The van der Waals surface area contributed by atoms with Gasteiger partial charge in [0.15, 0.2) is 11.6 Å². The van der Waals surface area contributed by atoms with Gasteiger partial charge >= 0.3 is 0 Å². The normalized spacial score (nSPS) is 21.1. The lowest BCUT2D eigenvalue weighted by Crippen LogP contribution is -2.09. The molecule has 3 nitrogen and oxygen atoms in total. The van der Waals surface area contributed by atoms with Crippen molar-refractivity contribution in [3.63, 3.8) is 0 Å². The number of nitrogens with one attached hydrogen (secondary N) is 1. The first-order valence-electron chi connectivity index (χ1n) is 4.71. The molecule has 4 heteroatoms. The molecule has 0 amide bonds. The van der Waals surface area contributed by atoms with E-state index in [1.54, 1.807) is 6.07 Å². The first-order valence-corrected chi connectivity index (χ1v) is 4.71. The molecule has 1 saturated heterocycles. The van der Waals surface area contributed by atoms with E-state index in [4.69, 9.17) is 4.74 Å². The lowest BCUT2D eigenvalue weighted by Gasteiger charge is -2.09. The molecule has 0 aliphatic carbocycles. The van der Waals surface area contributed by atoms with Crippen molar-refractivity contribution >= 4 is 0 Å². The minimum atomic E-state index is -0.401. The Kier molecular flexibility index (Phi) is 2.63. The fraction of sp³-hybridized carbons (Fsp3) is 0.500. The van der Waals surface area contributed by atoms with Crippen LogP contribution < -0.4 is 10.1 Å². The van der Waals surface area contributed by atoms with Gasteiger partial charge in [0.1, 0.15) is 0 Å². The highest BCUT2D eigenvalue weighted by molar-refractivity contribution is 5.27. The number of nitrogens with zero attached hydrogens (tertiary/aromatic N) is 1. The van der Waals surface area contributed by atoms with Gasteiger partial charge < -0.3 is 10.1 Å². The number of halogens is 1. The summed E-state index contributed by atoms with van der Waals surface area (Å²) < 4.78 is 18.0. The predicted molar refractivity (Wildman–Crippen MR) is 51.0 cm³/mol. The number of aromatic nitrogens is 1. The molecule has 0 spiro atoms. The molecule has 0 aromatic carbocycles. The third kappa shape index (κ3) is 1.70. The van der Waals surface area contributed by atoms with Gasteiger partial charge in [0, 0.05) is 24.2 Å². The second-order valence-corrected chi connectivity index (χ2v) is 3.43. The Morgan fingerprint density at radius 2 is 2.50 bits per heavy atom. The molecule has 1 aliphatic rings. The second-order valence-electron chi connectivity index (χ2n) is 3.43. The van der Waals surface area contributed by atoms with Gasteiger partial charge in [0.05, 0.1) is 13.3 Å². The van der Waals surface area contributed by atoms with Crippen LogP contribution in [0.2, 0.25) is 0 Å². The van der Waals surface area contributed by atoms with E-state index in [0.717, 1.165) is 25.2 Å². The summed E-state index contributed by atoms with van der Waals surface area (Å²) in [7, 11) is 1.47. The van der Waals surface area contributed by atoms with Crippen molar-refractivity contribution in [2.24, 2.45) is 0 Å². The Labute approximate surface area is 82.3 Å². The summed E-state index contributed by atoms with van der Waals surface area (Å²) in [6, 6.07) is 1.69. The molecule has 2 rings (SSSR count). The fourth-order valence-electron chi connectivity index (χ4n) is 1.72. The molecule has 1 aromatic heterocycles. The summed E-state index contributed by atoms with van der Waals surface area (Å²) in [5, 5.41) is 3.25. The zero-order chi connectivity index (χ0) is 9.97. The van der Waals surface area contributed by atoms with Gasteiger partial charge in [-0.25, -0.2) is 4.39 Å². The number of methoxy groups -OCH3 is 1. The van der Waals surface area contributed by atoms with Gasteiger partial charge in [-0.3, -0.25) is 4.98 Å². The highest BCUT2D eigenvalue weighted by atomic mass is 19.1. The smallest absolute Gasteiger partial charge is 0.183 e. The topological polar surface area (TPSA) is 34.1 Å². The van der Waals surface area contributed by atoms with Crippen LogP contribution in [-0.2, 0) is 0 Å². The Morgan fingerprint density at radius 1 is 1.64 bits per heavy atom. The van der Waals surface area contributed by atoms with Gasteiger partial charge in [0.25, 0.3) is 0 Å². The maximum atomic E-state index is 13.1. The Bertz CT molecular complexity index is 324. The summed E-state index contributed by atoms with van der Waals surface area (Å²) in [4.78, 5) is 4.07. The minimum Gasteiger partial charge on any atom is -0.494 e. The monoisotopic (exact) mass is 196 g/mol. The van der Waals surface area contributed by atoms with Crippen molar-refractivity contribution in [3.05, 3.63) is 23.8 Å². The van der Waals surface area contributed by atoms with Crippen LogP contribution in [0.1, 0.15) is 18.0 Å². The zero-order valence-corrected chi connectivity index (χ0v) is 8.09.